The number of aromatic nitrogens is 1. The molecule has 2 atom stereocenters. The van der Waals surface area contributed by atoms with Gasteiger partial charge in [-0.25, -0.2) is 0 Å². The van der Waals surface area contributed by atoms with E-state index in [4.69, 9.17) is 4.74 Å². The van der Waals surface area contributed by atoms with Gasteiger partial charge in [0, 0.05) is 23.4 Å². The first-order valence-electron chi connectivity index (χ1n) is 8.60. The fraction of sp³-hybridized carbons (Fsp3) is 0.333. The maximum atomic E-state index is 12.0. The van der Waals surface area contributed by atoms with Crippen LogP contribution in [0.25, 0.3) is 10.9 Å². The minimum atomic E-state index is -0.382. The predicted molar refractivity (Wildman–Crippen MR) is 99.5 cm³/mol. The first-order chi connectivity index (χ1) is 11.9. The maximum absolute atomic E-state index is 12.0. The van der Waals surface area contributed by atoms with Crippen LogP contribution in [0.15, 0.2) is 53.4 Å². The number of hydrogen-bond donors (Lipinski definition) is 1. The highest BCUT2D eigenvalue weighted by atomic mass is 16.5. The molecule has 4 heteroatoms. The lowest BCUT2D eigenvalue weighted by Gasteiger charge is -2.35. The molecule has 0 radical (unpaired) electrons. The largest absolute Gasteiger partial charge is 0.457 e. The third-order valence-corrected chi connectivity index (χ3v) is 4.79. The number of pyridine rings is 1. The quantitative estimate of drug-likeness (QED) is 0.850. The van der Waals surface area contributed by atoms with E-state index < -0.39 is 0 Å². The number of ether oxygens (including phenoxy) is 1. The molecular weight excluding hydrogens is 314 g/mol. The summed E-state index contributed by atoms with van der Waals surface area (Å²) in [5.74, 6) is -0.301. The molecule has 3 rings (SSSR count). The van der Waals surface area contributed by atoms with Gasteiger partial charge in [-0.3, -0.25) is 9.59 Å². The zero-order valence-corrected chi connectivity index (χ0v) is 14.8. The van der Waals surface area contributed by atoms with Gasteiger partial charge < -0.3 is 9.72 Å². The van der Waals surface area contributed by atoms with Crippen LogP contribution in [0, 0.1) is 5.41 Å². The summed E-state index contributed by atoms with van der Waals surface area (Å²) in [6, 6.07) is 7.74. The summed E-state index contributed by atoms with van der Waals surface area (Å²) in [5, 5.41) is 0.949. The maximum Gasteiger partial charge on any atom is 0.303 e. The summed E-state index contributed by atoms with van der Waals surface area (Å²) in [4.78, 5) is 26.6. The van der Waals surface area contributed by atoms with Crippen molar-refractivity contribution in [2.24, 2.45) is 5.41 Å². The zero-order chi connectivity index (χ0) is 18.0. The van der Waals surface area contributed by atoms with Crippen LogP contribution < -0.4 is 5.56 Å². The molecule has 1 aromatic carbocycles. The number of fused-ring (bicyclic) bond motifs is 1. The van der Waals surface area contributed by atoms with Crippen molar-refractivity contribution in [3.63, 3.8) is 0 Å². The van der Waals surface area contributed by atoms with Crippen LogP contribution in [0.4, 0.5) is 0 Å². The number of allylic oxidation sites excluding steroid dienone is 3. The van der Waals surface area contributed by atoms with Crippen molar-refractivity contribution in [2.45, 2.75) is 39.7 Å². The van der Waals surface area contributed by atoms with Gasteiger partial charge in [-0.1, -0.05) is 44.2 Å². The molecule has 0 bridgehead atoms. The standard InChI is InChI=1S/C21H23NO3/c1-4-15-12-17-13-16(8-9-18(17)22-20(15)24)19(25-14(2)23)21(3)10-6-5-7-11-21/h5-10,12-13,19H,4,11H2,1-3H3,(H,22,24). The molecule has 0 fully saturated rings. The summed E-state index contributed by atoms with van der Waals surface area (Å²) in [7, 11) is 0. The highest BCUT2D eigenvalue weighted by Crippen LogP contribution is 2.43. The monoisotopic (exact) mass is 337 g/mol. The summed E-state index contributed by atoms with van der Waals surface area (Å²) >= 11 is 0. The Balaban J connectivity index is 2.10. The van der Waals surface area contributed by atoms with Crippen molar-refractivity contribution in [3.05, 3.63) is 70.1 Å². The predicted octanol–water partition coefficient (Wildman–Crippen LogP) is 4.22. The van der Waals surface area contributed by atoms with Gasteiger partial charge in [-0.05, 0) is 42.0 Å². The zero-order valence-electron chi connectivity index (χ0n) is 14.8. The third kappa shape index (κ3) is 3.43. The number of aryl methyl sites for hydroxylation is 1. The van der Waals surface area contributed by atoms with Crippen LogP contribution >= 0.6 is 0 Å². The van der Waals surface area contributed by atoms with Gasteiger partial charge in [-0.2, -0.15) is 0 Å². The molecule has 0 aliphatic heterocycles. The minimum absolute atomic E-state index is 0.0494. The van der Waals surface area contributed by atoms with Crippen molar-refractivity contribution in [2.75, 3.05) is 0 Å². The number of H-pyrrole nitrogens is 1. The smallest absolute Gasteiger partial charge is 0.303 e. The fourth-order valence-corrected chi connectivity index (χ4v) is 3.38. The van der Waals surface area contributed by atoms with Crippen LogP contribution in [0.5, 0.6) is 0 Å². The second kappa shape index (κ2) is 6.71. The molecule has 1 aromatic heterocycles. The molecule has 0 spiro atoms. The topological polar surface area (TPSA) is 59.2 Å². The van der Waals surface area contributed by atoms with E-state index in [0.717, 1.165) is 28.5 Å². The van der Waals surface area contributed by atoms with Gasteiger partial charge in [0.05, 0.1) is 0 Å². The molecule has 4 nitrogen and oxygen atoms in total. The van der Waals surface area contributed by atoms with Crippen LogP contribution in [-0.2, 0) is 16.0 Å². The van der Waals surface area contributed by atoms with Crippen molar-refractivity contribution in [1.29, 1.82) is 0 Å². The van der Waals surface area contributed by atoms with E-state index in [1.165, 1.54) is 6.92 Å². The second-order valence-electron chi connectivity index (χ2n) is 6.81. The lowest BCUT2D eigenvalue weighted by molar-refractivity contribution is -0.152. The fourth-order valence-electron chi connectivity index (χ4n) is 3.38. The Bertz CT molecular complexity index is 922. The van der Waals surface area contributed by atoms with Gasteiger partial charge >= 0.3 is 5.97 Å². The number of hydrogen-bond acceptors (Lipinski definition) is 3. The Morgan fingerprint density at radius 3 is 2.76 bits per heavy atom. The Morgan fingerprint density at radius 2 is 2.12 bits per heavy atom. The number of carbonyl (C=O) groups is 1. The number of carbonyl (C=O) groups excluding carboxylic acids is 1. The molecule has 130 valence electrons. The SMILES string of the molecule is CCc1cc2cc(C(OC(C)=O)C3(C)C=CC=CC3)ccc2[nH]c1=O. The summed E-state index contributed by atoms with van der Waals surface area (Å²) in [5.41, 5.74) is 2.12. The normalized spacial score (nSPS) is 20.6. The highest BCUT2D eigenvalue weighted by molar-refractivity contribution is 5.80. The summed E-state index contributed by atoms with van der Waals surface area (Å²) < 4.78 is 5.71. The molecule has 0 saturated carbocycles. The lowest BCUT2D eigenvalue weighted by atomic mass is 9.75. The average molecular weight is 337 g/mol. The number of esters is 1. The Kier molecular flexibility index (Phi) is 4.62. The second-order valence-corrected chi connectivity index (χ2v) is 6.81. The molecule has 1 aliphatic rings. The van der Waals surface area contributed by atoms with Gasteiger partial charge in [0.2, 0.25) is 0 Å². The van der Waals surface area contributed by atoms with E-state index >= 15 is 0 Å². The van der Waals surface area contributed by atoms with E-state index in [9.17, 15) is 9.59 Å². The van der Waals surface area contributed by atoms with Crippen LogP contribution in [0.2, 0.25) is 0 Å². The molecule has 2 aromatic rings. The average Bonchev–Trinajstić information content (AvgIpc) is 2.59. The van der Waals surface area contributed by atoms with E-state index in [0.29, 0.717) is 6.42 Å². The molecule has 0 saturated heterocycles. The van der Waals surface area contributed by atoms with Gasteiger partial charge in [0.1, 0.15) is 6.10 Å². The molecule has 1 aliphatic carbocycles. The Morgan fingerprint density at radius 1 is 1.32 bits per heavy atom. The van der Waals surface area contributed by atoms with Gasteiger partial charge in [0.15, 0.2) is 0 Å². The van der Waals surface area contributed by atoms with Crippen molar-refractivity contribution in [1.82, 2.24) is 4.98 Å². The summed E-state index contributed by atoms with van der Waals surface area (Å²) in [6.07, 6.45) is 9.27. The number of nitrogens with one attached hydrogen (secondary N) is 1. The molecule has 2 unspecified atom stereocenters. The van der Waals surface area contributed by atoms with Crippen LogP contribution in [0.1, 0.15) is 44.4 Å². The number of rotatable bonds is 4. The third-order valence-electron chi connectivity index (χ3n) is 4.79. The molecule has 1 N–H and O–H groups in total. The van der Waals surface area contributed by atoms with Crippen LogP contribution in [-0.4, -0.2) is 11.0 Å². The molecule has 0 amide bonds. The van der Waals surface area contributed by atoms with E-state index in [1.807, 2.05) is 43.3 Å². The number of aromatic amines is 1. The molecule has 1 heterocycles. The summed E-state index contributed by atoms with van der Waals surface area (Å²) in [6.45, 7) is 5.49. The van der Waals surface area contributed by atoms with Crippen molar-refractivity contribution >= 4 is 16.9 Å². The van der Waals surface area contributed by atoms with E-state index in [1.54, 1.807) is 0 Å². The highest BCUT2D eigenvalue weighted by Gasteiger charge is 2.35. The first-order valence-corrected chi connectivity index (χ1v) is 8.60. The number of benzene rings is 1. The van der Waals surface area contributed by atoms with Crippen molar-refractivity contribution < 1.29 is 9.53 Å². The Labute approximate surface area is 147 Å². The van der Waals surface area contributed by atoms with Crippen LogP contribution in [0.3, 0.4) is 0 Å². The van der Waals surface area contributed by atoms with Gasteiger partial charge in [-0.15, -0.1) is 0 Å². The minimum Gasteiger partial charge on any atom is -0.457 e. The van der Waals surface area contributed by atoms with Crippen molar-refractivity contribution in [3.8, 4) is 0 Å². The molecule has 25 heavy (non-hydrogen) atoms. The van der Waals surface area contributed by atoms with Gasteiger partial charge in [0.25, 0.3) is 5.56 Å². The first kappa shape index (κ1) is 17.2. The van der Waals surface area contributed by atoms with E-state index in [-0.39, 0.29) is 23.0 Å². The lowest BCUT2D eigenvalue weighted by Crippen LogP contribution is -2.28. The Hall–Kier alpha value is -2.62. The molecular formula is C21H23NO3. The van der Waals surface area contributed by atoms with E-state index in [2.05, 4.69) is 24.1 Å².